The van der Waals surface area contributed by atoms with Crippen molar-refractivity contribution in [1.29, 1.82) is 0 Å². The third kappa shape index (κ3) is 8.59. The van der Waals surface area contributed by atoms with Crippen LogP contribution in [-0.2, 0) is 31.3 Å². The number of benzene rings is 2. The normalized spacial score (nSPS) is 12.2. The SMILES string of the molecule is CCC(CC)C(=O)/C=C(\O)C(CC)CC.Cc1[c-]c(-c2nccc3c2sc2c4ccc(CC(C)(C)C)cc4ccc32)[se]c1.[Ir]. The van der Waals surface area contributed by atoms with E-state index in [0.717, 1.165) is 37.8 Å². The molecular weight excluding hydrogens is 806 g/mol. The van der Waals surface area contributed by atoms with E-state index in [9.17, 15) is 9.90 Å². The summed E-state index contributed by atoms with van der Waals surface area (Å²) in [6.07, 6.45) is 7.96. The third-order valence-electron chi connectivity index (χ3n) is 8.13. The zero-order chi connectivity index (χ0) is 31.3. The third-order valence-corrected chi connectivity index (χ3v) is 11.5. The average molecular weight is 852 g/mol. The van der Waals surface area contributed by atoms with E-state index >= 15 is 0 Å². The number of ketones is 1. The topological polar surface area (TPSA) is 50.2 Å². The largest absolute Gasteiger partial charge is 0 e. The predicted octanol–water partition coefficient (Wildman–Crippen LogP) is 10.9. The Hall–Kier alpha value is -2.07. The van der Waals surface area contributed by atoms with Crippen molar-refractivity contribution >= 4 is 62.6 Å². The van der Waals surface area contributed by atoms with E-state index in [2.05, 4.69) is 75.1 Å². The number of aromatic nitrogens is 1. The second kappa shape index (κ2) is 16.0. The molecule has 1 radical (unpaired) electrons. The van der Waals surface area contributed by atoms with Gasteiger partial charge in [0.25, 0.3) is 0 Å². The number of thiophene rings is 1. The van der Waals surface area contributed by atoms with Gasteiger partial charge in [0.2, 0.25) is 0 Å². The number of carbonyl (C=O) groups excluding carboxylic acids is 1. The van der Waals surface area contributed by atoms with Crippen LogP contribution in [0.3, 0.4) is 0 Å². The van der Waals surface area contributed by atoms with Gasteiger partial charge in [-0.2, -0.15) is 0 Å². The summed E-state index contributed by atoms with van der Waals surface area (Å²) in [4.78, 5) is 18.8. The number of hydrogen-bond acceptors (Lipinski definition) is 4. The van der Waals surface area contributed by atoms with Crippen LogP contribution in [0.25, 0.3) is 41.1 Å². The molecular formula is C38H46IrNO2SSe-. The van der Waals surface area contributed by atoms with Gasteiger partial charge in [-0.15, -0.1) is 0 Å². The number of aliphatic hydroxyl groups is 1. The Kier molecular flexibility index (Phi) is 13.2. The Morgan fingerprint density at radius 3 is 2.18 bits per heavy atom. The number of hydrogen-bond donors (Lipinski definition) is 1. The number of carbonyl (C=O) groups is 1. The van der Waals surface area contributed by atoms with Crippen LogP contribution in [0.1, 0.15) is 85.3 Å². The number of fused-ring (bicyclic) bond motifs is 5. The van der Waals surface area contributed by atoms with E-state index in [1.807, 2.05) is 45.2 Å². The average Bonchev–Trinajstić information content (AvgIpc) is 3.57. The maximum absolute atomic E-state index is 11.7. The van der Waals surface area contributed by atoms with E-state index in [1.54, 1.807) is 0 Å². The van der Waals surface area contributed by atoms with Gasteiger partial charge in [-0.3, -0.25) is 4.79 Å². The molecule has 0 aliphatic heterocycles. The van der Waals surface area contributed by atoms with E-state index < -0.39 is 0 Å². The first kappa shape index (κ1) is 36.4. The first-order valence-electron chi connectivity index (χ1n) is 15.6. The van der Waals surface area contributed by atoms with Crippen LogP contribution in [0, 0.1) is 30.2 Å². The van der Waals surface area contributed by atoms with Crippen molar-refractivity contribution in [3.63, 3.8) is 0 Å². The second-order valence-electron chi connectivity index (χ2n) is 12.7. The number of allylic oxidation sites excluding steroid dienone is 2. The van der Waals surface area contributed by atoms with Crippen molar-refractivity contribution in [2.75, 3.05) is 0 Å². The molecule has 0 unspecified atom stereocenters. The van der Waals surface area contributed by atoms with Crippen LogP contribution in [0.5, 0.6) is 0 Å². The number of nitrogens with zero attached hydrogens (tertiary/aromatic N) is 1. The molecule has 0 spiro atoms. The molecule has 3 aromatic heterocycles. The van der Waals surface area contributed by atoms with E-state index in [-0.39, 0.29) is 43.5 Å². The number of rotatable bonds is 9. The smallest absolute Gasteiger partial charge is 0 e. The molecule has 0 atom stereocenters. The van der Waals surface area contributed by atoms with Crippen LogP contribution in [0.15, 0.2) is 59.4 Å². The maximum atomic E-state index is 11.7. The van der Waals surface area contributed by atoms with Crippen molar-refractivity contribution in [2.24, 2.45) is 17.3 Å². The molecule has 0 fully saturated rings. The van der Waals surface area contributed by atoms with Gasteiger partial charge in [0, 0.05) is 38.0 Å². The second-order valence-corrected chi connectivity index (χ2v) is 15.6. The maximum Gasteiger partial charge on any atom is 0 e. The van der Waals surface area contributed by atoms with Crippen LogP contribution in [0.2, 0.25) is 0 Å². The first-order valence-corrected chi connectivity index (χ1v) is 18.3. The molecule has 44 heavy (non-hydrogen) atoms. The fraction of sp³-hybridized carbons (Fsp3) is 0.421. The molecule has 2 aromatic carbocycles. The number of aliphatic hydroxyl groups excluding tert-OH is 1. The quantitative estimate of drug-likeness (QED) is 0.0696. The van der Waals surface area contributed by atoms with Crippen molar-refractivity contribution in [1.82, 2.24) is 4.98 Å². The van der Waals surface area contributed by atoms with E-state index in [1.165, 1.54) is 52.6 Å². The molecule has 0 saturated carbocycles. The molecule has 0 aliphatic carbocycles. The fourth-order valence-electron chi connectivity index (χ4n) is 5.70. The standard InChI is InChI=1S/C25H22NSSe.C13H24O2.Ir/c1-15-11-21(28-14-15)22-24-20(9-10-26-22)19-8-6-17-12-16(13-25(2,3)4)5-7-18(17)23(19)27-24;1-5-10(6-2)12(14)9-13(15)11(7-3)8-4;/h5-10,12,14H,13H2,1-4H3;9-11,14H,5-8H2,1-4H3;/q-1;;/b;12-9-;. The molecule has 0 amide bonds. The van der Waals surface area contributed by atoms with Gasteiger partial charge >= 0.3 is 176 Å². The molecule has 3 heterocycles. The molecule has 3 nitrogen and oxygen atoms in total. The van der Waals surface area contributed by atoms with Gasteiger partial charge in [-0.1, -0.05) is 27.7 Å². The summed E-state index contributed by atoms with van der Waals surface area (Å²) in [5.74, 6) is 0.547. The molecule has 1 N–H and O–H groups in total. The summed E-state index contributed by atoms with van der Waals surface area (Å²) in [6.45, 7) is 17.1. The minimum absolute atomic E-state index is 0. The Morgan fingerprint density at radius 1 is 0.955 bits per heavy atom. The molecule has 0 aliphatic rings. The summed E-state index contributed by atoms with van der Waals surface area (Å²) >= 11 is 2.23. The van der Waals surface area contributed by atoms with Gasteiger partial charge in [-0.05, 0) is 25.7 Å². The van der Waals surface area contributed by atoms with Gasteiger partial charge < -0.3 is 5.11 Å². The zero-order valence-corrected chi connectivity index (χ0v) is 32.3. The molecule has 5 aromatic rings. The van der Waals surface area contributed by atoms with Crippen LogP contribution in [0.4, 0.5) is 0 Å². The molecule has 5 rings (SSSR count). The van der Waals surface area contributed by atoms with Crippen molar-refractivity contribution < 1.29 is 30.0 Å². The number of pyridine rings is 1. The van der Waals surface area contributed by atoms with Gasteiger partial charge in [-0.25, -0.2) is 0 Å². The summed E-state index contributed by atoms with van der Waals surface area (Å²) in [5, 5.41) is 15.1. The fourth-order valence-corrected chi connectivity index (χ4v) is 8.94. The van der Waals surface area contributed by atoms with Crippen molar-refractivity contribution in [3.05, 3.63) is 76.6 Å². The van der Waals surface area contributed by atoms with E-state index in [4.69, 9.17) is 4.98 Å². The van der Waals surface area contributed by atoms with Crippen LogP contribution < -0.4 is 0 Å². The van der Waals surface area contributed by atoms with Crippen molar-refractivity contribution in [3.8, 4) is 10.1 Å². The minimum atomic E-state index is 0. The van der Waals surface area contributed by atoms with Gasteiger partial charge in [0.05, 0.1) is 5.76 Å². The first-order chi connectivity index (χ1) is 20.5. The Labute approximate surface area is 287 Å². The molecule has 237 valence electrons. The molecule has 6 heteroatoms. The summed E-state index contributed by atoms with van der Waals surface area (Å²) in [7, 11) is 0. The van der Waals surface area contributed by atoms with Crippen molar-refractivity contribution in [2.45, 2.75) is 87.5 Å². The van der Waals surface area contributed by atoms with Gasteiger partial charge in [0.15, 0.2) is 5.78 Å². The minimum Gasteiger partial charge on any atom is 0 e. The Bertz CT molecular complexity index is 1730. The Balaban J connectivity index is 0.000000286. The zero-order valence-electron chi connectivity index (χ0n) is 27.3. The van der Waals surface area contributed by atoms with Gasteiger partial charge in [0.1, 0.15) is 0 Å². The summed E-state index contributed by atoms with van der Waals surface area (Å²) in [5.41, 5.74) is 4.09. The summed E-state index contributed by atoms with van der Waals surface area (Å²) < 4.78 is 3.95. The van der Waals surface area contributed by atoms with Crippen LogP contribution >= 0.6 is 11.3 Å². The monoisotopic (exact) mass is 853 g/mol. The van der Waals surface area contributed by atoms with Crippen LogP contribution in [-0.4, -0.2) is 30.4 Å². The van der Waals surface area contributed by atoms with E-state index in [0.29, 0.717) is 19.9 Å². The Morgan fingerprint density at radius 2 is 1.59 bits per heavy atom. The number of aryl methyl sites for hydroxylation is 1. The molecule has 0 bridgehead atoms. The molecule has 0 saturated heterocycles. The predicted molar refractivity (Wildman–Crippen MR) is 188 cm³/mol. The summed E-state index contributed by atoms with van der Waals surface area (Å²) in [6, 6.07) is 17.3.